The van der Waals surface area contributed by atoms with Gasteiger partial charge in [0.25, 0.3) is 5.91 Å². The van der Waals surface area contributed by atoms with Crippen molar-refractivity contribution in [2.75, 3.05) is 30.4 Å². The lowest BCUT2D eigenvalue weighted by Crippen LogP contribution is -2.62. The summed E-state index contributed by atoms with van der Waals surface area (Å²) in [7, 11) is 2.08. The minimum absolute atomic E-state index is 0.00948. The van der Waals surface area contributed by atoms with Crippen molar-refractivity contribution >= 4 is 39.9 Å². The number of hydrogen-bond acceptors (Lipinski definition) is 6. The summed E-state index contributed by atoms with van der Waals surface area (Å²) in [5.41, 5.74) is 1.49. The van der Waals surface area contributed by atoms with E-state index in [4.69, 9.17) is 0 Å². The Labute approximate surface area is 184 Å². The van der Waals surface area contributed by atoms with Gasteiger partial charge in [-0.1, -0.05) is 12.1 Å². The molecule has 1 aromatic heterocycles. The van der Waals surface area contributed by atoms with Crippen LogP contribution in [-0.2, 0) is 22.6 Å². The maximum atomic E-state index is 13.2. The standard InChI is InChI=1S/C22H25N5O3S/c1-22-10-7-19(29)27(22)16-6-4-3-5-14(16)20(30)26(22)12-9-18(28)24-21-23-15-8-11-25(2)13-17(15)31-21/h3-6H,7-13H2,1-2H3,(H,23,24,28). The van der Waals surface area contributed by atoms with Crippen LogP contribution in [0.3, 0.4) is 0 Å². The number of likely N-dealkylation sites (N-methyl/N-ethyl adjacent to an activating group) is 1. The number of thiazole rings is 1. The summed E-state index contributed by atoms with van der Waals surface area (Å²) < 4.78 is 0. The van der Waals surface area contributed by atoms with E-state index in [2.05, 4.69) is 22.2 Å². The number of benzene rings is 1. The van der Waals surface area contributed by atoms with Crippen LogP contribution in [0.1, 0.15) is 47.1 Å². The maximum Gasteiger partial charge on any atom is 0.257 e. The highest BCUT2D eigenvalue weighted by atomic mass is 32.1. The van der Waals surface area contributed by atoms with Gasteiger partial charge in [0.05, 0.1) is 16.9 Å². The Hall–Kier alpha value is -2.78. The van der Waals surface area contributed by atoms with E-state index in [1.807, 2.05) is 19.1 Å². The second-order valence-corrected chi connectivity index (χ2v) is 9.68. The summed E-state index contributed by atoms with van der Waals surface area (Å²) in [5.74, 6) is -0.301. The molecule has 1 atom stereocenters. The zero-order valence-corrected chi connectivity index (χ0v) is 18.5. The van der Waals surface area contributed by atoms with Gasteiger partial charge in [0.15, 0.2) is 5.13 Å². The zero-order valence-electron chi connectivity index (χ0n) is 17.7. The molecule has 0 saturated carbocycles. The van der Waals surface area contributed by atoms with Gasteiger partial charge in [0.1, 0.15) is 5.66 Å². The number of carbonyl (C=O) groups excluding carboxylic acids is 3. The Kier molecular flexibility index (Phi) is 4.82. The van der Waals surface area contributed by atoms with E-state index in [9.17, 15) is 14.4 Å². The van der Waals surface area contributed by atoms with Crippen molar-refractivity contribution in [3.63, 3.8) is 0 Å². The molecule has 8 nitrogen and oxygen atoms in total. The third-order valence-electron chi connectivity index (χ3n) is 6.48. The quantitative estimate of drug-likeness (QED) is 0.791. The molecule has 3 aliphatic rings. The van der Waals surface area contributed by atoms with Crippen molar-refractivity contribution in [1.29, 1.82) is 0 Å². The lowest BCUT2D eigenvalue weighted by atomic mass is 9.98. The molecule has 5 rings (SSSR count). The number of nitrogens with zero attached hydrogens (tertiary/aromatic N) is 4. The maximum absolute atomic E-state index is 13.2. The fourth-order valence-corrected chi connectivity index (χ4v) is 5.92. The van der Waals surface area contributed by atoms with Gasteiger partial charge >= 0.3 is 0 Å². The smallest absolute Gasteiger partial charge is 0.257 e. The van der Waals surface area contributed by atoms with Crippen molar-refractivity contribution < 1.29 is 14.4 Å². The number of fused-ring (bicyclic) bond motifs is 4. The van der Waals surface area contributed by atoms with Crippen LogP contribution >= 0.6 is 11.3 Å². The Morgan fingerprint density at radius 2 is 2.06 bits per heavy atom. The highest BCUT2D eigenvalue weighted by molar-refractivity contribution is 7.15. The molecule has 1 unspecified atom stereocenters. The summed E-state index contributed by atoms with van der Waals surface area (Å²) in [5, 5.41) is 3.52. The average Bonchev–Trinajstić information content (AvgIpc) is 3.27. The molecule has 3 aliphatic heterocycles. The van der Waals surface area contributed by atoms with Gasteiger partial charge in [-0.2, -0.15) is 0 Å². The van der Waals surface area contributed by atoms with Crippen molar-refractivity contribution in [1.82, 2.24) is 14.8 Å². The number of anilines is 2. The Morgan fingerprint density at radius 3 is 2.90 bits per heavy atom. The number of amides is 3. The first-order valence-corrected chi connectivity index (χ1v) is 11.4. The van der Waals surface area contributed by atoms with Gasteiger partial charge in [0.2, 0.25) is 11.8 Å². The van der Waals surface area contributed by atoms with E-state index in [0.29, 0.717) is 29.2 Å². The number of carbonyl (C=O) groups is 3. The van der Waals surface area contributed by atoms with Crippen molar-refractivity contribution in [3.05, 3.63) is 40.4 Å². The second kappa shape index (κ2) is 7.42. The van der Waals surface area contributed by atoms with Gasteiger partial charge < -0.3 is 15.1 Å². The second-order valence-electron chi connectivity index (χ2n) is 8.59. The number of aromatic nitrogens is 1. The van der Waals surface area contributed by atoms with E-state index in [1.54, 1.807) is 21.9 Å². The summed E-state index contributed by atoms with van der Waals surface area (Å²) >= 11 is 1.52. The van der Waals surface area contributed by atoms with Crippen molar-refractivity contribution in [2.45, 2.75) is 44.8 Å². The summed E-state index contributed by atoms with van der Waals surface area (Å²) in [4.78, 5) is 50.0. The van der Waals surface area contributed by atoms with Crippen LogP contribution in [0.4, 0.5) is 10.8 Å². The lowest BCUT2D eigenvalue weighted by molar-refractivity contribution is -0.117. The first-order valence-electron chi connectivity index (χ1n) is 10.6. The molecular formula is C22H25N5O3S. The number of hydrogen-bond donors (Lipinski definition) is 1. The molecule has 9 heteroatoms. The first-order chi connectivity index (χ1) is 14.9. The minimum Gasteiger partial charge on any atom is -0.315 e. The molecule has 31 heavy (non-hydrogen) atoms. The number of nitrogens with one attached hydrogen (secondary N) is 1. The highest BCUT2D eigenvalue weighted by Crippen LogP contribution is 2.44. The minimum atomic E-state index is -0.742. The van der Waals surface area contributed by atoms with Crippen molar-refractivity contribution in [2.24, 2.45) is 0 Å². The molecule has 1 fully saturated rings. The third kappa shape index (κ3) is 3.32. The van der Waals surface area contributed by atoms with Crippen LogP contribution in [-0.4, -0.2) is 58.3 Å². The molecule has 2 aromatic rings. The molecule has 0 spiro atoms. The number of para-hydroxylation sites is 1. The SMILES string of the molecule is CN1CCc2nc(NC(=O)CCN3C(=O)c4ccccc4N4C(=O)CCC34C)sc2C1. The molecule has 1 N–H and O–H groups in total. The van der Waals surface area contributed by atoms with E-state index in [1.165, 1.54) is 16.2 Å². The summed E-state index contributed by atoms with van der Waals surface area (Å²) in [6, 6.07) is 7.20. The predicted molar refractivity (Wildman–Crippen MR) is 118 cm³/mol. The summed E-state index contributed by atoms with van der Waals surface area (Å²) in [6.45, 7) is 3.98. The van der Waals surface area contributed by atoms with Gasteiger partial charge in [-0.05, 0) is 32.5 Å². The molecule has 4 heterocycles. The molecule has 0 radical (unpaired) electrons. The third-order valence-corrected chi connectivity index (χ3v) is 7.47. The van der Waals surface area contributed by atoms with E-state index in [0.717, 1.165) is 25.2 Å². The topological polar surface area (TPSA) is 85.8 Å². The highest BCUT2D eigenvalue weighted by Gasteiger charge is 2.52. The molecular weight excluding hydrogens is 414 g/mol. The van der Waals surface area contributed by atoms with Crippen LogP contribution in [0.5, 0.6) is 0 Å². The molecule has 0 aliphatic carbocycles. The van der Waals surface area contributed by atoms with Crippen molar-refractivity contribution in [3.8, 4) is 0 Å². The van der Waals surface area contributed by atoms with Gasteiger partial charge in [-0.25, -0.2) is 4.98 Å². The zero-order chi connectivity index (χ0) is 21.8. The van der Waals surface area contributed by atoms with E-state index in [-0.39, 0.29) is 30.7 Å². The van der Waals surface area contributed by atoms with Gasteiger partial charge in [-0.3, -0.25) is 19.3 Å². The molecule has 0 bridgehead atoms. The normalized spacial score (nSPS) is 22.9. The van der Waals surface area contributed by atoms with Crippen LogP contribution in [0.15, 0.2) is 24.3 Å². The van der Waals surface area contributed by atoms with Crippen LogP contribution in [0.25, 0.3) is 0 Å². The molecule has 1 saturated heterocycles. The lowest BCUT2D eigenvalue weighted by Gasteiger charge is -2.48. The van der Waals surface area contributed by atoms with Gasteiger partial charge in [-0.15, -0.1) is 11.3 Å². The van der Waals surface area contributed by atoms with Crippen LogP contribution < -0.4 is 10.2 Å². The Morgan fingerprint density at radius 1 is 1.26 bits per heavy atom. The molecule has 3 amide bonds. The largest absolute Gasteiger partial charge is 0.315 e. The van der Waals surface area contributed by atoms with Crippen LogP contribution in [0, 0.1) is 0 Å². The number of rotatable bonds is 4. The Balaban J connectivity index is 1.31. The molecule has 162 valence electrons. The van der Waals surface area contributed by atoms with E-state index < -0.39 is 5.66 Å². The first kappa shape index (κ1) is 20.1. The fraction of sp³-hybridized carbons (Fsp3) is 0.455. The van der Waals surface area contributed by atoms with E-state index >= 15 is 0 Å². The summed E-state index contributed by atoms with van der Waals surface area (Å²) in [6.07, 6.45) is 1.98. The predicted octanol–water partition coefficient (Wildman–Crippen LogP) is 2.46. The monoisotopic (exact) mass is 439 g/mol. The molecule has 1 aromatic carbocycles. The van der Waals surface area contributed by atoms with Crippen LogP contribution in [0.2, 0.25) is 0 Å². The Bertz CT molecular complexity index is 1080. The average molecular weight is 440 g/mol. The van der Waals surface area contributed by atoms with Gasteiger partial charge in [0, 0.05) is 43.8 Å². The fourth-order valence-electron chi connectivity index (χ4n) is 4.81.